The number of carbonyl (C=O) groups excluding carboxylic acids is 1. The van der Waals surface area contributed by atoms with Crippen molar-refractivity contribution in [3.05, 3.63) is 65.6 Å². The Kier molecular flexibility index (Phi) is 6.50. The molecule has 5 heterocycles. The lowest BCUT2D eigenvalue weighted by atomic mass is 10.1. The molecule has 4 aliphatic rings. The molecule has 2 aromatic rings. The second-order valence-electron chi connectivity index (χ2n) is 10.4. The van der Waals surface area contributed by atoms with Gasteiger partial charge >= 0.3 is 6.18 Å². The van der Waals surface area contributed by atoms with Crippen LogP contribution in [0.1, 0.15) is 31.4 Å². The van der Waals surface area contributed by atoms with Crippen molar-refractivity contribution in [1.29, 1.82) is 0 Å². The molecular formula is C27H27F3N6O4. The maximum Gasteiger partial charge on any atom is 0.416 e. The number of alkyl halides is 3. The van der Waals surface area contributed by atoms with Crippen molar-refractivity contribution in [3.8, 4) is 5.75 Å². The molecule has 2 saturated heterocycles. The fourth-order valence-corrected chi connectivity index (χ4v) is 5.11. The van der Waals surface area contributed by atoms with E-state index >= 15 is 0 Å². The third-order valence-corrected chi connectivity index (χ3v) is 6.95. The maximum atomic E-state index is 13.3. The topological polar surface area (TPSA) is 110 Å². The number of ether oxygens (including phenoxy) is 3. The number of hydrogen-bond donors (Lipinski definition) is 2. The summed E-state index contributed by atoms with van der Waals surface area (Å²) in [5.41, 5.74) is 0.138. The van der Waals surface area contributed by atoms with Crippen LogP contribution in [0, 0.1) is 0 Å². The molecule has 2 fully saturated rings. The lowest BCUT2D eigenvalue weighted by molar-refractivity contribution is -0.141. The normalized spacial score (nSPS) is 24.9. The van der Waals surface area contributed by atoms with Gasteiger partial charge < -0.3 is 29.7 Å². The highest BCUT2D eigenvalue weighted by Crippen LogP contribution is 2.33. The van der Waals surface area contributed by atoms with E-state index in [0.29, 0.717) is 54.8 Å². The fourth-order valence-electron chi connectivity index (χ4n) is 5.11. The standard InChI is InChI=1S/C27H27F3N6O4/c1-26(2)39-14-19(40-26)13-38-18-6-7-31-22(10-18)34-25(37)20-9-17-12-36(20)21-11-32-23(35-24(21)33-17)15-4-3-5-16(8-15)27(28,29)30/h3-8,10-11,17,19-20H,9,12-14H2,1-2H3,(H,31,34,37)(H,32,33,35)/t17-,19-,20?/m0/s1. The molecular weight excluding hydrogens is 529 g/mol. The minimum Gasteiger partial charge on any atom is -0.491 e. The Balaban J connectivity index is 1.13. The second-order valence-corrected chi connectivity index (χ2v) is 10.4. The van der Waals surface area contributed by atoms with Crippen molar-refractivity contribution < 1.29 is 32.2 Å². The summed E-state index contributed by atoms with van der Waals surface area (Å²) in [6, 6.07) is 7.60. The number of anilines is 1. The number of aliphatic imine (C=N–C) groups is 2. The van der Waals surface area contributed by atoms with Gasteiger partial charge in [-0.2, -0.15) is 13.2 Å². The molecule has 13 heteroatoms. The van der Waals surface area contributed by atoms with Crippen molar-refractivity contribution >= 4 is 23.4 Å². The average Bonchev–Trinajstić information content (AvgIpc) is 3.45. The minimum atomic E-state index is -4.46. The number of halogens is 3. The molecule has 0 saturated carbocycles. The average molecular weight is 557 g/mol. The predicted molar refractivity (Wildman–Crippen MR) is 139 cm³/mol. The van der Waals surface area contributed by atoms with Gasteiger partial charge in [-0.3, -0.25) is 9.79 Å². The molecule has 3 atom stereocenters. The third kappa shape index (κ3) is 5.39. The number of fused-ring (bicyclic) bond motifs is 4. The Morgan fingerprint density at radius 2 is 2.10 bits per heavy atom. The van der Waals surface area contributed by atoms with Crippen LogP contribution in [0.25, 0.3) is 0 Å². The Morgan fingerprint density at radius 1 is 1.25 bits per heavy atom. The number of amidine groups is 2. The zero-order valence-electron chi connectivity index (χ0n) is 21.7. The summed E-state index contributed by atoms with van der Waals surface area (Å²) >= 11 is 0. The third-order valence-electron chi connectivity index (χ3n) is 6.95. The van der Waals surface area contributed by atoms with Crippen molar-refractivity contribution in [3.63, 3.8) is 0 Å². The number of aromatic nitrogens is 1. The summed E-state index contributed by atoms with van der Waals surface area (Å²) in [5, 5.41) is 5.91. The van der Waals surface area contributed by atoms with E-state index in [1.165, 1.54) is 12.3 Å². The van der Waals surface area contributed by atoms with E-state index in [1.54, 1.807) is 24.4 Å². The van der Waals surface area contributed by atoms with E-state index in [2.05, 4.69) is 20.6 Å². The molecule has 0 radical (unpaired) electrons. The second kappa shape index (κ2) is 9.89. The van der Waals surface area contributed by atoms with E-state index in [-0.39, 0.29) is 23.9 Å². The van der Waals surface area contributed by atoms with Gasteiger partial charge in [0.2, 0.25) is 5.91 Å². The SMILES string of the molecule is CC1(C)OC[C@H](COc2ccnc(NC(=O)C3C[C@H]4CN3C3=CN=C(c5cccc(C(F)(F)F)c5)NC3=N4)c2)O1. The van der Waals surface area contributed by atoms with Crippen LogP contribution < -0.4 is 15.4 Å². The van der Waals surface area contributed by atoms with Gasteiger partial charge in [0.05, 0.1) is 30.1 Å². The number of benzene rings is 1. The van der Waals surface area contributed by atoms with Gasteiger partial charge in [-0.05, 0) is 32.0 Å². The van der Waals surface area contributed by atoms with Crippen LogP contribution in [0.4, 0.5) is 19.0 Å². The minimum absolute atomic E-state index is 0.156. The number of rotatable bonds is 6. The summed E-state index contributed by atoms with van der Waals surface area (Å²) in [4.78, 5) is 28.5. The Labute approximate surface area is 227 Å². The summed E-state index contributed by atoms with van der Waals surface area (Å²) in [5.74, 6) is 0.713. The first-order valence-corrected chi connectivity index (χ1v) is 12.8. The molecule has 1 aromatic heterocycles. The van der Waals surface area contributed by atoms with Crippen LogP contribution in [0.15, 0.2) is 64.5 Å². The van der Waals surface area contributed by atoms with Crippen LogP contribution >= 0.6 is 0 Å². The van der Waals surface area contributed by atoms with E-state index in [9.17, 15) is 18.0 Å². The lowest BCUT2D eigenvalue weighted by Gasteiger charge is -2.32. The van der Waals surface area contributed by atoms with Crippen LogP contribution in [0.5, 0.6) is 5.75 Å². The van der Waals surface area contributed by atoms with E-state index < -0.39 is 23.6 Å². The Hall–Kier alpha value is -3.97. The van der Waals surface area contributed by atoms with Gasteiger partial charge in [0, 0.05) is 30.8 Å². The van der Waals surface area contributed by atoms with E-state index in [4.69, 9.17) is 19.2 Å². The lowest BCUT2D eigenvalue weighted by Crippen LogP contribution is -2.47. The first kappa shape index (κ1) is 26.3. The molecule has 10 nitrogen and oxygen atoms in total. The first-order valence-electron chi connectivity index (χ1n) is 12.8. The number of amides is 1. The highest BCUT2D eigenvalue weighted by atomic mass is 19.4. The molecule has 1 aromatic carbocycles. The largest absolute Gasteiger partial charge is 0.491 e. The number of carbonyl (C=O) groups is 1. The van der Waals surface area contributed by atoms with Crippen molar-refractivity contribution in [2.45, 2.75) is 50.4 Å². The summed E-state index contributed by atoms with van der Waals surface area (Å²) < 4.78 is 56.7. The molecule has 210 valence electrons. The zero-order valence-corrected chi connectivity index (χ0v) is 21.7. The van der Waals surface area contributed by atoms with Gasteiger partial charge in [0.1, 0.15) is 36.2 Å². The first-order chi connectivity index (χ1) is 19.0. The van der Waals surface area contributed by atoms with E-state index in [0.717, 1.165) is 12.1 Å². The van der Waals surface area contributed by atoms with E-state index in [1.807, 2.05) is 18.7 Å². The molecule has 0 spiro atoms. The van der Waals surface area contributed by atoms with Crippen LogP contribution in [-0.4, -0.2) is 71.2 Å². The number of pyridine rings is 1. The van der Waals surface area contributed by atoms with Crippen LogP contribution in [0.2, 0.25) is 0 Å². The number of nitrogens with zero attached hydrogens (tertiary/aromatic N) is 4. The summed E-state index contributed by atoms with van der Waals surface area (Å²) in [7, 11) is 0. The van der Waals surface area contributed by atoms with Crippen molar-refractivity contribution in [2.24, 2.45) is 9.98 Å². The number of nitrogens with one attached hydrogen (secondary N) is 2. The van der Waals surface area contributed by atoms with Crippen molar-refractivity contribution in [2.75, 3.05) is 25.1 Å². The van der Waals surface area contributed by atoms with Gasteiger partial charge in [-0.15, -0.1) is 0 Å². The van der Waals surface area contributed by atoms with Gasteiger partial charge in [0.25, 0.3) is 0 Å². The van der Waals surface area contributed by atoms with Crippen LogP contribution in [0.3, 0.4) is 0 Å². The zero-order chi connectivity index (χ0) is 28.1. The Bertz CT molecular complexity index is 1420. The smallest absolute Gasteiger partial charge is 0.416 e. The highest BCUT2D eigenvalue weighted by molar-refractivity contribution is 6.17. The van der Waals surface area contributed by atoms with Crippen molar-refractivity contribution in [1.82, 2.24) is 15.2 Å². The highest BCUT2D eigenvalue weighted by Gasteiger charge is 2.43. The van der Waals surface area contributed by atoms with Gasteiger partial charge in [-0.25, -0.2) is 9.98 Å². The molecule has 2 bridgehead atoms. The van der Waals surface area contributed by atoms with Crippen LogP contribution in [-0.2, 0) is 20.4 Å². The molecule has 4 aliphatic heterocycles. The fraction of sp³-hybridized carbons (Fsp3) is 0.407. The molecule has 6 rings (SSSR count). The number of hydrogen-bond acceptors (Lipinski definition) is 9. The predicted octanol–water partition coefficient (Wildman–Crippen LogP) is 3.32. The summed E-state index contributed by atoms with van der Waals surface area (Å²) in [6.45, 7) is 4.94. The molecule has 2 N–H and O–H groups in total. The van der Waals surface area contributed by atoms with Gasteiger partial charge in [-0.1, -0.05) is 12.1 Å². The maximum absolute atomic E-state index is 13.3. The molecule has 1 amide bonds. The molecule has 0 aliphatic carbocycles. The Morgan fingerprint density at radius 3 is 2.88 bits per heavy atom. The van der Waals surface area contributed by atoms with Gasteiger partial charge in [0.15, 0.2) is 11.6 Å². The monoisotopic (exact) mass is 556 g/mol. The molecule has 40 heavy (non-hydrogen) atoms. The quantitative estimate of drug-likeness (QED) is 0.562. The summed E-state index contributed by atoms with van der Waals surface area (Å²) in [6.07, 6.45) is -1.10. The molecule has 1 unspecified atom stereocenters.